The highest BCUT2D eigenvalue weighted by Crippen LogP contribution is 2.38. The van der Waals surface area contributed by atoms with E-state index in [1.165, 1.54) is 24.4 Å². The van der Waals surface area contributed by atoms with Crippen LogP contribution in [-0.2, 0) is 0 Å². The number of anilines is 3. The number of nitrogens with one attached hydrogen (secondary N) is 2. The summed E-state index contributed by atoms with van der Waals surface area (Å²) in [6, 6.07) is 17.0. The second-order valence-corrected chi connectivity index (χ2v) is 14.6. The molecule has 5 aromatic rings. The van der Waals surface area contributed by atoms with Crippen LogP contribution in [0.1, 0.15) is 79.8 Å². The third kappa shape index (κ3) is 7.78. The quantitative estimate of drug-likeness (QED) is 0.155. The van der Waals surface area contributed by atoms with E-state index in [-0.39, 0.29) is 28.1 Å². The molecule has 51 heavy (non-hydrogen) atoms. The predicted molar refractivity (Wildman–Crippen MR) is 200 cm³/mol. The second-order valence-electron chi connectivity index (χ2n) is 13.8. The van der Waals surface area contributed by atoms with Gasteiger partial charge in [0.05, 0.1) is 45.8 Å². The van der Waals surface area contributed by atoms with Crippen LogP contribution in [0.25, 0.3) is 10.9 Å². The third-order valence-electron chi connectivity index (χ3n) is 9.44. The van der Waals surface area contributed by atoms with Crippen molar-refractivity contribution in [2.45, 2.75) is 58.2 Å². The molecule has 1 amide bonds. The third-order valence-corrected chi connectivity index (χ3v) is 9.95. The van der Waals surface area contributed by atoms with Crippen LogP contribution in [0.2, 0.25) is 10.0 Å². The van der Waals surface area contributed by atoms with Crippen LogP contribution in [0, 0.1) is 17.1 Å². The van der Waals surface area contributed by atoms with Crippen molar-refractivity contribution < 1.29 is 9.18 Å². The first kappa shape index (κ1) is 36.0. The van der Waals surface area contributed by atoms with Crippen molar-refractivity contribution >= 4 is 57.1 Å². The molecular formula is C38H40Cl2FN9O. The van der Waals surface area contributed by atoms with Gasteiger partial charge >= 0.3 is 0 Å². The van der Waals surface area contributed by atoms with E-state index in [9.17, 15) is 14.4 Å². The number of halogens is 3. The summed E-state index contributed by atoms with van der Waals surface area (Å²) < 4.78 is 15.9. The first-order chi connectivity index (χ1) is 24.4. The Balaban J connectivity index is 1.42. The molecule has 1 fully saturated rings. The molecule has 0 bridgehead atoms. The highest BCUT2D eigenvalue weighted by molar-refractivity contribution is 6.32. The van der Waals surface area contributed by atoms with E-state index in [1.54, 1.807) is 30.1 Å². The number of rotatable bonds is 9. The fraction of sp³-hybridized carbons (Fsp3) is 0.342. The normalized spacial score (nSPS) is 14.6. The lowest BCUT2D eigenvalue weighted by atomic mass is 9.98. The van der Waals surface area contributed by atoms with E-state index < -0.39 is 11.9 Å². The number of hydrogen-bond donors (Lipinski definition) is 2. The molecule has 264 valence electrons. The largest absolute Gasteiger partial charge is 0.371 e. The van der Waals surface area contributed by atoms with E-state index >= 15 is 0 Å². The Morgan fingerprint density at radius 2 is 1.90 bits per heavy atom. The van der Waals surface area contributed by atoms with Crippen LogP contribution in [0.5, 0.6) is 0 Å². The van der Waals surface area contributed by atoms with Crippen LogP contribution < -0.4 is 10.6 Å². The number of benzene rings is 3. The number of aromatic nitrogens is 4. The highest BCUT2D eigenvalue weighted by atomic mass is 35.5. The molecule has 1 saturated heterocycles. The van der Waals surface area contributed by atoms with Crippen LogP contribution in [0.3, 0.4) is 0 Å². The van der Waals surface area contributed by atoms with Gasteiger partial charge in [0.25, 0.3) is 5.91 Å². The van der Waals surface area contributed by atoms with Gasteiger partial charge in [0.15, 0.2) is 0 Å². The molecule has 3 aromatic carbocycles. The molecule has 2 N–H and O–H groups in total. The lowest BCUT2D eigenvalue weighted by molar-refractivity contribution is 0.0802. The summed E-state index contributed by atoms with van der Waals surface area (Å²) in [4.78, 5) is 22.1. The molecular weight excluding hydrogens is 688 g/mol. The van der Waals surface area contributed by atoms with Gasteiger partial charge in [-0.1, -0.05) is 40.5 Å². The number of piperidine rings is 1. The Morgan fingerprint density at radius 3 is 2.59 bits per heavy atom. The molecule has 1 aliphatic heterocycles. The van der Waals surface area contributed by atoms with Crippen LogP contribution in [0.15, 0.2) is 67.0 Å². The molecule has 1 aliphatic rings. The molecule has 6 rings (SSSR count). The number of amides is 1. The zero-order chi connectivity index (χ0) is 36.4. The van der Waals surface area contributed by atoms with Crippen LogP contribution >= 0.6 is 23.2 Å². The Kier molecular flexibility index (Phi) is 10.5. The first-order valence-corrected chi connectivity index (χ1v) is 17.6. The molecule has 0 unspecified atom stereocenters. The van der Waals surface area contributed by atoms with Crippen molar-refractivity contribution in [1.82, 2.24) is 29.8 Å². The summed E-state index contributed by atoms with van der Waals surface area (Å²) in [7, 11) is 1.77. The van der Waals surface area contributed by atoms with Gasteiger partial charge < -0.3 is 15.5 Å². The lowest BCUT2D eigenvalue weighted by Crippen LogP contribution is -2.46. The van der Waals surface area contributed by atoms with Crippen molar-refractivity contribution in [3.05, 3.63) is 105 Å². The maximum absolute atomic E-state index is 14.0. The molecule has 2 aromatic heterocycles. The zero-order valence-electron chi connectivity index (χ0n) is 29.2. The maximum atomic E-state index is 14.0. The van der Waals surface area contributed by atoms with Gasteiger partial charge in [-0.3, -0.25) is 14.7 Å². The molecule has 0 radical (unpaired) electrons. The lowest BCUT2D eigenvalue weighted by Gasteiger charge is -2.40. The molecule has 1 atom stereocenters. The number of hydrogen-bond acceptors (Lipinski definition) is 8. The Hall–Kier alpha value is -4.76. The van der Waals surface area contributed by atoms with Gasteiger partial charge in [-0.25, -0.2) is 9.07 Å². The summed E-state index contributed by atoms with van der Waals surface area (Å²) in [5, 5.41) is 27.0. The highest BCUT2D eigenvalue weighted by Gasteiger charge is 2.29. The fourth-order valence-electron chi connectivity index (χ4n) is 6.42. The standard InChI is InChI=1S/C38H40Cl2FN9O/c1-6-48(5)37(51)24-9-7-8-23(16-24)35(33-22-50(47-46-33)28-12-14-49(15-13-28)38(2,3)4)45-32-18-26(39)17-29-34(25(20-42)21-43-36(29)32)44-27-10-11-31(41)30(40)19-27/h7-11,16-19,21-22,28,35,45H,6,12-15H2,1-5H3,(H,43,44)/t35-/m0/s1. The van der Waals surface area contributed by atoms with Gasteiger partial charge in [0, 0.05) is 60.1 Å². The maximum Gasteiger partial charge on any atom is 0.253 e. The number of nitriles is 1. The average molecular weight is 729 g/mol. The minimum absolute atomic E-state index is 0.0567. The number of pyridine rings is 1. The predicted octanol–water partition coefficient (Wildman–Crippen LogP) is 8.62. The van der Waals surface area contributed by atoms with Gasteiger partial charge in [0.1, 0.15) is 17.6 Å². The zero-order valence-corrected chi connectivity index (χ0v) is 30.7. The topological polar surface area (TPSA) is 115 Å². The van der Waals surface area contributed by atoms with Crippen molar-refractivity contribution in [2.75, 3.05) is 37.3 Å². The number of fused-ring (bicyclic) bond motifs is 1. The minimum atomic E-state index is -0.556. The number of likely N-dealkylation sites (tertiary alicyclic amines) is 1. The van der Waals surface area contributed by atoms with Crippen molar-refractivity contribution in [3.8, 4) is 6.07 Å². The molecule has 0 aliphatic carbocycles. The summed E-state index contributed by atoms with van der Waals surface area (Å²) in [5.41, 5.74) is 4.38. The van der Waals surface area contributed by atoms with E-state index in [0.717, 1.165) is 31.5 Å². The Labute approximate surface area is 307 Å². The van der Waals surface area contributed by atoms with E-state index in [2.05, 4.69) is 57.7 Å². The Bertz CT molecular complexity index is 2120. The first-order valence-electron chi connectivity index (χ1n) is 16.9. The minimum Gasteiger partial charge on any atom is -0.371 e. The molecule has 10 nitrogen and oxygen atoms in total. The van der Waals surface area contributed by atoms with Gasteiger partial charge in [-0.15, -0.1) is 5.10 Å². The van der Waals surface area contributed by atoms with E-state index in [0.29, 0.717) is 50.8 Å². The second kappa shape index (κ2) is 14.8. The van der Waals surface area contributed by atoms with Crippen molar-refractivity contribution in [2.24, 2.45) is 0 Å². The number of carbonyl (C=O) groups excluding carboxylic acids is 1. The van der Waals surface area contributed by atoms with Gasteiger partial charge in [0.2, 0.25) is 0 Å². The summed E-state index contributed by atoms with van der Waals surface area (Å²) in [6.07, 6.45) is 5.35. The van der Waals surface area contributed by atoms with Crippen molar-refractivity contribution in [3.63, 3.8) is 0 Å². The van der Waals surface area contributed by atoms with E-state index in [4.69, 9.17) is 23.2 Å². The molecule has 3 heterocycles. The summed E-state index contributed by atoms with van der Waals surface area (Å²) in [5.74, 6) is -0.648. The Morgan fingerprint density at radius 1 is 1.14 bits per heavy atom. The van der Waals surface area contributed by atoms with Gasteiger partial charge in [-0.05, 0) is 88.6 Å². The molecule has 0 saturated carbocycles. The molecule has 0 spiro atoms. The smallest absolute Gasteiger partial charge is 0.253 e. The van der Waals surface area contributed by atoms with Crippen LogP contribution in [-0.4, -0.2) is 67.9 Å². The summed E-state index contributed by atoms with van der Waals surface area (Å²) in [6.45, 7) is 11.1. The van der Waals surface area contributed by atoms with Crippen molar-refractivity contribution in [1.29, 1.82) is 5.26 Å². The number of carbonyl (C=O) groups is 1. The monoisotopic (exact) mass is 727 g/mol. The average Bonchev–Trinajstić information content (AvgIpc) is 3.61. The van der Waals surface area contributed by atoms with Crippen LogP contribution in [0.4, 0.5) is 21.5 Å². The number of nitrogens with zero attached hydrogens (tertiary/aromatic N) is 7. The fourth-order valence-corrected chi connectivity index (χ4v) is 6.82. The molecule has 13 heteroatoms. The van der Waals surface area contributed by atoms with E-state index in [1.807, 2.05) is 36.0 Å². The van der Waals surface area contributed by atoms with Gasteiger partial charge in [-0.2, -0.15) is 5.26 Å². The summed E-state index contributed by atoms with van der Waals surface area (Å²) >= 11 is 12.8. The SMILES string of the molecule is CCN(C)C(=O)c1cccc([C@H](Nc2cc(Cl)cc3c(Nc4ccc(F)c(Cl)c4)c(C#N)cnc23)c2cn(C3CCN(C(C)(C)C)CC3)nn2)c1.